The van der Waals surface area contributed by atoms with E-state index >= 15 is 0 Å². The summed E-state index contributed by atoms with van der Waals surface area (Å²) in [4.78, 5) is 0. The zero-order chi connectivity index (χ0) is 11.4. The second-order valence-electron chi connectivity index (χ2n) is 4.02. The molecule has 1 rings (SSSR count). The summed E-state index contributed by atoms with van der Waals surface area (Å²) in [5, 5.41) is 4.10. The quantitative estimate of drug-likeness (QED) is 0.845. The Morgan fingerprint density at radius 2 is 1.93 bits per heavy atom. The number of halogens is 1. The van der Waals surface area contributed by atoms with Gasteiger partial charge < -0.3 is 10.1 Å². The van der Waals surface area contributed by atoms with Crippen LogP contribution in [0.15, 0.2) is 18.2 Å². The molecule has 0 aliphatic rings. The van der Waals surface area contributed by atoms with Gasteiger partial charge in [-0.1, -0.05) is 25.4 Å². The lowest BCUT2D eigenvalue weighted by molar-refractivity contribution is 0.415. The standard InChI is InChI=1S/C12H18ClNO/c1-8(2)9(3)14-12-7-10(15-4)5-6-11(12)13/h5-9,14H,1-4H3. The maximum Gasteiger partial charge on any atom is 0.121 e. The van der Waals surface area contributed by atoms with Crippen LogP contribution in [0.4, 0.5) is 5.69 Å². The topological polar surface area (TPSA) is 21.3 Å². The van der Waals surface area contributed by atoms with E-state index in [4.69, 9.17) is 16.3 Å². The maximum absolute atomic E-state index is 6.08. The fourth-order valence-electron chi connectivity index (χ4n) is 1.15. The van der Waals surface area contributed by atoms with E-state index in [1.165, 1.54) is 0 Å². The lowest BCUT2D eigenvalue weighted by Gasteiger charge is -2.20. The summed E-state index contributed by atoms with van der Waals surface area (Å²) < 4.78 is 5.15. The number of anilines is 1. The van der Waals surface area contributed by atoms with Crippen molar-refractivity contribution in [3.8, 4) is 5.75 Å². The highest BCUT2D eigenvalue weighted by Crippen LogP contribution is 2.27. The molecule has 1 unspecified atom stereocenters. The summed E-state index contributed by atoms with van der Waals surface area (Å²) in [5.74, 6) is 1.38. The zero-order valence-corrected chi connectivity index (χ0v) is 10.4. The number of rotatable bonds is 4. The summed E-state index contributed by atoms with van der Waals surface area (Å²) in [7, 11) is 1.65. The Bertz CT molecular complexity index is 325. The first-order chi connectivity index (χ1) is 7.04. The molecule has 1 aromatic carbocycles. The molecule has 0 aliphatic carbocycles. The van der Waals surface area contributed by atoms with Gasteiger partial charge in [0.25, 0.3) is 0 Å². The van der Waals surface area contributed by atoms with Crippen LogP contribution in [-0.2, 0) is 0 Å². The van der Waals surface area contributed by atoms with E-state index in [0.717, 1.165) is 16.5 Å². The van der Waals surface area contributed by atoms with Crippen molar-refractivity contribution in [1.82, 2.24) is 0 Å². The molecule has 84 valence electrons. The van der Waals surface area contributed by atoms with Crippen molar-refractivity contribution in [3.63, 3.8) is 0 Å². The molecule has 0 radical (unpaired) electrons. The molecular formula is C12H18ClNO. The minimum absolute atomic E-state index is 0.384. The van der Waals surface area contributed by atoms with Crippen LogP contribution < -0.4 is 10.1 Å². The second kappa shape index (κ2) is 5.26. The molecule has 0 aromatic heterocycles. The van der Waals surface area contributed by atoms with Crippen molar-refractivity contribution in [2.75, 3.05) is 12.4 Å². The predicted molar refractivity (Wildman–Crippen MR) is 65.9 cm³/mol. The van der Waals surface area contributed by atoms with Crippen molar-refractivity contribution >= 4 is 17.3 Å². The van der Waals surface area contributed by atoms with Crippen molar-refractivity contribution in [2.24, 2.45) is 5.92 Å². The Morgan fingerprint density at radius 1 is 1.27 bits per heavy atom. The van der Waals surface area contributed by atoms with Crippen LogP contribution in [0, 0.1) is 5.92 Å². The van der Waals surface area contributed by atoms with E-state index in [-0.39, 0.29) is 0 Å². The van der Waals surface area contributed by atoms with Crippen LogP contribution in [0.25, 0.3) is 0 Å². The number of hydrogen-bond donors (Lipinski definition) is 1. The molecule has 0 saturated carbocycles. The highest BCUT2D eigenvalue weighted by Gasteiger charge is 2.09. The first-order valence-electron chi connectivity index (χ1n) is 5.14. The minimum atomic E-state index is 0.384. The number of benzene rings is 1. The zero-order valence-electron chi connectivity index (χ0n) is 9.67. The third-order valence-corrected chi connectivity index (χ3v) is 2.89. The van der Waals surface area contributed by atoms with Gasteiger partial charge in [0, 0.05) is 12.1 Å². The molecule has 1 aromatic rings. The average molecular weight is 228 g/mol. The molecule has 0 heterocycles. The van der Waals surface area contributed by atoms with Crippen LogP contribution in [0.5, 0.6) is 5.75 Å². The first kappa shape index (κ1) is 12.2. The van der Waals surface area contributed by atoms with Crippen molar-refractivity contribution in [3.05, 3.63) is 23.2 Å². The highest BCUT2D eigenvalue weighted by molar-refractivity contribution is 6.33. The molecule has 0 spiro atoms. The molecule has 0 saturated heterocycles. The fraction of sp³-hybridized carbons (Fsp3) is 0.500. The normalized spacial score (nSPS) is 12.7. The Morgan fingerprint density at radius 3 is 2.47 bits per heavy atom. The van der Waals surface area contributed by atoms with E-state index in [0.29, 0.717) is 12.0 Å². The minimum Gasteiger partial charge on any atom is -0.497 e. The Labute approximate surface area is 96.6 Å². The molecular weight excluding hydrogens is 210 g/mol. The molecule has 1 atom stereocenters. The van der Waals surface area contributed by atoms with Gasteiger partial charge in [0.15, 0.2) is 0 Å². The summed E-state index contributed by atoms with van der Waals surface area (Å²) in [5.41, 5.74) is 0.928. The molecule has 2 nitrogen and oxygen atoms in total. The van der Waals surface area contributed by atoms with Gasteiger partial charge in [0.1, 0.15) is 5.75 Å². The van der Waals surface area contributed by atoms with Crippen LogP contribution in [0.2, 0.25) is 5.02 Å². The van der Waals surface area contributed by atoms with Crippen LogP contribution in [0.1, 0.15) is 20.8 Å². The number of nitrogens with one attached hydrogen (secondary N) is 1. The molecule has 0 aliphatic heterocycles. The first-order valence-corrected chi connectivity index (χ1v) is 5.52. The monoisotopic (exact) mass is 227 g/mol. The predicted octanol–water partition coefficient (Wildman–Crippen LogP) is 3.81. The largest absolute Gasteiger partial charge is 0.497 e. The fourth-order valence-corrected chi connectivity index (χ4v) is 1.33. The van der Waals surface area contributed by atoms with Crippen LogP contribution in [0.3, 0.4) is 0 Å². The lowest BCUT2D eigenvalue weighted by Crippen LogP contribution is -2.21. The van der Waals surface area contributed by atoms with Gasteiger partial charge in [-0.25, -0.2) is 0 Å². The van der Waals surface area contributed by atoms with Gasteiger partial charge in [-0.15, -0.1) is 0 Å². The molecule has 0 bridgehead atoms. The highest BCUT2D eigenvalue weighted by atomic mass is 35.5. The molecule has 15 heavy (non-hydrogen) atoms. The van der Waals surface area contributed by atoms with Crippen LogP contribution in [-0.4, -0.2) is 13.2 Å². The summed E-state index contributed by atoms with van der Waals surface area (Å²) >= 11 is 6.08. The van der Waals surface area contributed by atoms with E-state index in [1.54, 1.807) is 7.11 Å². The third kappa shape index (κ3) is 3.31. The second-order valence-corrected chi connectivity index (χ2v) is 4.43. The van der Waals surface area contributed by atoms with Gasteiger partial charge in [0.05, 0.1) is 17.8 Å². The Balaban J connectivity index is 2.83. The van der Waals surface area contributed by atoms with Gasteiger partial charge >= 0.3 is 0 Å². The third-order valence-electron chi connectivity index (χ3n) is 2.56. The number of ether oxygens (including phenoxy) is 1. The van der Waals surface area contributed by atoms with E-state index in [9.17, 15) is 0 Å². The van der Waals surface area contributed by atoms with Gasteiger partial charge in [-0.05, 0) is 25.0 Å². The summed E-state index contributed by atoms with van der Waals surface area (Å²) in [6, 6.07) is 6.00. The van der Waals surface area contributed by atoms with Crippen molar-refractivity contribution in [1.29, 1.82) is 0 Å². The van der Waals surface area contributed by atoms with Gasteiger partial charge in [-0.2, -0.15) is 0 Å². The Kier molecular flexibility index (Phi) is 4.28. The molecule has 1 N–H and O–H groups in total. The molecule has 0 amide bonds. The summed E-state index contributed by atoms with van der Waals surface area (Å²) in [6.07, 6.45) is 0. The molecule has 0 fully saturated rings. The van der Waals surface area contributed by atoms with Crippen LogP contribution >= 0.6 is 11.6 Å². The van der Waals surface area contributed by atoms with E-state index in [2.05, 4.69) is 26.1 Å². The smallest absolute Gasteiger partial charge is 0.121 e. The Hall–Kier alpha value is -0.890. The van der Waals surface area contributed by atoms with E-state index < -0.39 is 0 Å². The van der Waals surface area contributed by atoms with Crippen molar-refractivity contribution in [2.45, 2.75) is 26.8 Å². The average Bonchev–Trinajstić information content (AvgIpc) is 2.21. The van der Waals surface area contributed by atoms with Crippen molar-refractivity contribution < 1.29 is 4.74 Å². The number of hydrogen-bond acceptors (Lipinski definition) is 2. The SMILES string of the molecule is COc1ccc(Cl)c(NC(C)C(C)C)c1. The van der Waals surface area contributed by atoms with Gasteiger partial charge in [0.2, 0.25) is 0 Å². The molecule has 3 heteroatoms. The van der Waals surface area contributed by atoms with Gasteiger partial charge in [-0.3, -0.25) is 0 Å². The van der Waals surface area contributed by atoms with E-state index in [1.807, 2.05) is 18.2 Å². The maximum atomic E-state index is 6.08. The number of methoxy groups -OCH3 is 1. The summed E-state index contributed by atoms with van der Waals surface area (Å²) in [6.45, 7) is 6.48. The lowest BCUT2D eigenvalue weighted by atomic mass is 10.1.